The second kappa shape index (κ2) is 6.53. The lowest BCUT2D eigenvalue weighted by Gasteiger charge is -2.11. The molecule has 1 aromatic carbocycles. The molecule has 5 nitrogen and oxygen atoms in total. The van der Waals surface area contributed by atoms with Crippen LogP contribution in [-0.4, -0.2) is 29.4 Å². The van der Waals surface area contributed by atoms with Gasteiger partial charge in [0.1, 0.15) is 0 Å². The molecule has 0 atom stereocenters. The predicted molar refractivity (Wildman–Crippen MR) is 74.4 cm³/mol. The summed E-state index contributed by atoms with van der Waals surface area (Å²) in [5.74, 6) is 2.29. The summed E-state index contributed by atoms with van der Waals surface area (Å²) in [6.07, 6.45) is 5.64. The molecule has 0 aliphatic carbocycles. The summed E-state index contributed by atoms with van der Waals surface area (Å²) in [6.45, 7) is 2.29. The van der Waals surface area contributed by atoms with Gasteiger partial charge in [0.25, 0.3) is 0 Å². The van der Waals surface area contributed by atoms with Gasteiger partial charge in [-0.3, -0.25) is 0 Å². The first-order valence-corrected chi connectivity index (χ1v) is 6.26. The van der Waals surface area contributed by atoms with Crippen molar-refractivity contribution in [2.24, 2.45) is 0 Å². The Labute approximate surface area is 116 Å². The zero-order valence-electron chi connectivity index (χ0n) is 11.1. The number of fused-ring (bicyclic) bond motifs is 1. The highest BCUT2D eigenvalue weighted by molar-refractivity contribution is 5.97. The molecule has 5 heteroatoms. The van der Waals surface area contributed by atoms with Gasteiger partial charge < -0.3 is 9.47 Å². The maximum Gasteiger partial charge on any atom is 0.362 e. The molecule has 0 unspecified atom stereocenters. The number of ether oxygens (including phenoxy) is 2. The number of rotatable bonds is 5. The first-order chi connectivity index (χ1) is 9.77. The van der Waals surface area contributed by atoms with E-state index in [9.17, 15) is 4.79 Å². The van der Waals surface area contributed by atoms with Crippen LogP contribution in [0.5, 0.6) is 5.75 Å². The SMILES string of the molecule is C#CCCOc1c(C(=O)OCC)nnc2ccccc12. The summed E-state index contributed by atoms with van der Waals surface area (Å²) in [7, 11) is 0. The fourth-order valence-corrected chi connectivity index (χ4v) is 1.72. The van der Waals surface area contributed by atoms with E-state index in [1.165, 1.54) is 0 Å². The normalized spacial score (nSPS) is 10.0. The van der Waals surface area contributed by atoms with E-state index in [-0.39, 0.29) is 12.3 Å². The van der Waals surface area contributed by atoms with E-state index in [0.29, 0.717) is 29.7 Å². The number of aromatic nitrogens is 2. The van der Waals surface area contributed by atoms with Crippen molar-refractivity contribution in [2.45, 2.75) is 13.3 Å². The molecule has 2 aromatic rings. The van der Waals surface area contributed by atoms with Gasteiger partial charge in [0.15, 0.2) is 5.75 Å². The Hall–Kier alpha value is -2.61. The number of esters is 1. The van der Waals surface area contributed by atoms with Crippen LogP contribution >= 0.6 is 0 Å². The van der Waals surface area contributed by atoms with E-state index in [1.54, 1.807) is 13.0 Å². The number of carbonyl (C=O) groups excluding carboxylic acids is 1. The summed E-state index contributed by atoms with van der Waals surface area (Å²) in [5, 5.41) is 8.62. The van der Waals surface area contributed by atoms with Gasteiger partial charge in [-0.25, -0.2) is 4.79 Å². The molecule has 0 aliphatic rings. The monoisotopic (exact) mass is 270 g/mol. The van der Waals surface area contributed by atoms with Crippen molar-refractivity contribution in [1.82, 2.24) is 10.2 Å². The summed E-state index contributed by atoms with van der Waals surface area (Å²) >= 11 is 0. The Morgan fingerprint density at radius 2 is 2.15 bits per heavy atom. The fourth-order valence-electron chi connectivity index (χ4n) is 1.72. The van der Waals surface area contributed by atoms with Gasteiger partial charge in [-0.2, -0.15) is 0 Å². The number of benzene rings is 1. The summed E-state index contributed by atoms with van der Waals surface area (Å²) in [4.78, 5) is 11.9. The van der Waals surface area contributed by atoms with E-state index in [1.807, 2.05) is 18.2 Å². The first kappa shape index (κ1) is 13.8. The van der Waals surface area contributed by atoms with E-state index >= 15 is 0 Å². The minimum Gasteiger partial charge on any atom is -0.489 e. The second-order valence-electron chi connectivity index (χ2n) is 3.92. The number of nitrogens with zero attached hydrogens (tertiary/aromatic N) is 2. The Morgan fingerprint density at radius 3 is 2.90 bits per heavy atom. The summed E-state index contributed by atoms with van der Waals surface area (Å²) in [6, 6.07) is 7.29. The Balaban J connectivity index is 2.47. The predicted octanol–water partition coefficient (Wildman–Crippen LogP) is 2.21. The Kier molecular flexibility index (Phi) is 4.51. The second-order valence-corrected chi connectivity index (χ2v) is 3.92. The smallest absolute Gasteiger partial charge is 0.362 e. The van der Waals surface area contributed by atoms with Crippen LogP contribution in [0.1, 0.15) is 23.8 Å². The first-order valence-electron chi connectivity index (χ1n) is 6.26. The number of hydrogen-bond acceptors (Lipinski definition) is 5. The van der Waals surface area contributed by atoms with Crippen molar-refractivity contribution in [1.29, 1.82) is 0 Å². The summed E-state index contributed by atoms with van der Waals surface area (Å²) in [5.41, 5.74) is 0.721. The third-order valence-corrected chi connectivity index (χ3v) is 2.58. The van der Waals surface area contributed by atoms with Crippen molar-refractivity contribution in [3.05, 3.63) is 30.0 Å². The van der Waals surface area contributed by atoms with Crippen LogP contribution < -0.4 is 4.74 Å². The molecule has 102 valence electrons. The summed E-state index contributed by atoms with van der Waals surface area (Å²) < 4.78 is 10.6. The van der Waals surface area contributed by atoms with Gasteiger partial charge in [-0.05, 0) is 19.1 Å². The van der Waals surface area contributed by atoms with Gasteiger partial charge >= 0.3 is 5.97 Å². The van der Waals surface area contributed by atoms with E-state index < -0.39 is 5.97 Å². The number of hydrogen-bond donors (Lipinski definition) is 0. The Bertz CT molecular complexity index is 662. The van der Waals surface area contributed by atoms with Crippen molar-refractivity contribution in [3.8, 4) is 18.1 Å². The molecule has 0 radical (unpaired) electrons. The van der Waals surface area contributed by atoms with Gasteiger partial charge in [0.2, 0.25) is 5.69 Å². The van der Waals surface area contributed by atoms with Crippen LogP contribution in [0.4, 0.5) is 0 Å². The highest BCUT2D eigenvalue weighted by Gasteiger charge is 2.19. The maximum absolute atomic E-state index is 11.9. The molecule has 20 heavy (non-hydrogen) atoms. The van der Waals surface area contributed by atoms with Gasteiger partial charge in [0, 0.05) is 11.8 Å². The van der Waals surface area contributed by atoms with Crippen molar-refractivity contribution >= 4 is 16.9 Å². The molecule has 0 saturated heterocycles. The molecule has 0 saturated carbocycles. The lowest BCUT2D eigenvalue weighted by molar-refractivity contribution is 0.0513. The largest absolute Gasteiger partial charge is 0.489 e. The van der Waals surface area contributed by atoms with Crippen LogP contribution in [0.3, 0.4) is 0 Å². The standard InChI is InChI=1S/C15H14N2O3/c1-3-5-10-20-14-11-8-6-7-9-12(11)16-17-13(14)15(18)19-4-2/h1,6-9H,4-5,10H2,2H3. The lowest BCUT2D eigenvalue weighted by atomic mass is 10.2. The minimum atomic E-state index is -0.554. The maximum atomic E-state index is 11.9. The molecule has 0 spiro atoms. The molecule has 0 N–H and O–H groups in total. The quantitative estimate of drug-likeness (QED) is 0.473. The van der Waals surface area contributed by atoms with E-state index in [2.05, 4.69) is 16.1 Å². The molecule has 0 bridgehead atoms. The fraction of sp³-hybridized carbons (Fsp3) is 0.267. The van der Waals surface area contributed by atoms with Crippen LogP contribution in [0.2, 0.25) is 0 Å². The third-order valence-electron chi connectivity index (χ3n) is 2.58. The van der Waals surface area contributed by atoms with E-state index in [4.69, 9.17) is 15.9 Å². The molecule has 2 rings (SSSR count). The van der Waals surface area contributed by atoms with Crippen LogP contribution in [0.25, 0.3) is 10.9 Å². The molecular weight excluding hydrogens is 256 g/mol. The van der Waals surface area contributed by atoms with Gasteiger partial charge in [0.05, 0.1) is 18.7 Å². The highest BCUT2D eigenvalue weighted by Crippen LogP contribution is 2.27. The van der Waals surface area contributed by atoms with Crippen molar-refractivity contribution in [3.63, 3.8) is 0 Å². The average Bonchev–Trinajstić information content (AvgIpc) is 2.47. The van der Waals surface area contributed by atoms with Crippen molar-refractivity contribution in [2.75, 3.05) is 13.2 Å². The molecule has 1 aromatic heterocycles. The van der Waals surface area contributed by atoms with Gasteiger partial charge in [-0.15, -0.1) is 22.5 Å². The Morgan fingerprint density at radius 1 is 1.35 bits per heavy atom. The average molecular weight is 270 g/mol. The topological polar surface area (TPSA) is 61.3 Å². The zero-order valence-corrected chi connectivity index (χ0v) is 11.1. The molecule has 0 aliphatic heterocycles. The lowest BCUT2D eigenvalue weighted by Crippen LogP contribution is -2.12. The number of terminal acetylenes is 1. The molecule has 1 heterocycles. The number of carbonyl (C=O) groups is 1. The molecular formula is C15H14N2O3. The van der Waals surface area contributed by atoms with Crippen LogP contribution in [0, 0.1) is 12.3 Å². The third kappa shape index (κ3) is 2.86. The van der Waals surface area contributed by atoms with Crippen LogP contribution in [-0.2, 0) is 4.74 Å². The molecule has 0 fully saturated rings. The molecule has 0 amide bonds. The van der Waals surface area contributed by atoms with Gasteiger partial charge in [-0.1, -0.05) is 12.1 Å². The highest BCUT2D eigenvalue weighted by atomic mass is 16.5. The minimum absolute atomic E-state index is 0.0718. The zero-order chi connectivity index (χ0) is 14.4. The van der Waals surface area contributed by atoms with E-state index in [0.717, 1.165) is 0 Å². The van der Waals surface area contributed by atoms with Crippen LogP contribution in [0.15, 0.2) is 24.3 Å². The van der Waals surface area contributed by atoms with Crippen molar-refractivity contribution < 1.29 is 14.3 Å².